The van der Waals surface area contributed by atoms with E-state index < -0.39 is 0 Å². The lowest BCUT2D eigenvalue weighted by atomic mass is 10.1. The number of carbonyl (C=O) groups excluding carboxylic acids is 1. The summed E-state index contributed by atoms with van der Waals surface area (Å²) in [5.41, 5.74) is 2.16. The van der Waals surface area contributed by atoms with Gasteiger partial charge in [-0.25, -0.2) is 9.97 Å². The van der Waals surface area contributed by atoms with Crippen molar-refractivity contribution in [3.05, 3.63) is 47.5 Å². The maximum atomic E-state index is 11.5. The summed E-state index contributed by atoms with van der Waals surface area (Å²) in [7, 11) is 1.68. The number of aromatic nitrogens is 2. The van der Waals surface area contributed by atoms with Gasteiger partial charge in [-0.3, -0.25) is 9.69 Å². The number of amides is 1. The normalized spacial score (nSPS) is 17.0. The third-order valence-corrected chi connectivity index (χ3v) is 6.93. The zero-order valence-corrected chi connectivity index (χ0v) is 21.2. The van der Waals surface area contributed by atoms with Gasteiger partial charge in [0.15, 0.2) is 11.5 Å². The zero-order chi connectivity index (χ0) is 24.5. The summed E-state index contributed by atoms with van der Waals surface area (Å²) in [5.74, 6) is 2.52. The molecule has 1 amide bonds. The number of methoxy groups -OCH3 is 1. The summed E-state index contributed by atoms with van der Waals surface area (Å²) < 4.78 is 11.6. The summed E-state index contributed by atoms with van der Waals surface area (Å²) in [4.78, 5) is 27.7. The summed E-state index contributed by atoms with van der Waals surface area (Å²) in [6, 6.07) is 8.08. The monoisotopic (exact) mass is 481 g/mol. The van der Waals surface area contributed by atoms with Gasteiger partial charge in [-0.15, -0.1) is 0 Å². The molecule has 8 nitrogen and oxygen atoms in total. The summed E-state index contributed by atoms with van der Waals surface area (Å²) in [5, 5.41) is 0. The SMILES string of the molecule is COc1ccc(Cc2nccc(CCN3CCN(C(C)=O)CC3)n2)cc1OCCCN1CCCC1. The first-order valence-corrected chi connectivity index (χ1v) is 12.9. The lowest BCUT2D eigenvalue weighted by Gasteiger charge is -2.34. The zero-order valence-electron chi connectivity index (χ0n) is 21.2. The topological polar surface area (TPSA) is 71.0 Å². The van der Waals surface area contributed by atoms with E-state index >= 15 is 0 Å². The van der Waals surface area contributed by atoms with Crippen molar-refractivity contribution in [2.24, 2.45) is 0 Å². The molecule has 0 spiro atoms. The Bertz CT molecular complexity index is 956. The molecule has 0 saturated carbocycles. The van der Waals surface area contributed by atoms with Crippen molar-refractivity contribution in [3.8, 4) is 11.5 Å². The first kappa shape index (κ1) is 25.4. The Balaban J connectivity index is 1.28. The summed E-state index contributed by atoms with van der Waals surface area (Å²) in [6.07, 6.45) is 7.03. The van der Waals surface area contributed by atoms with Gasteiger partial charge < -0.3 is 19.3 Å². The van der Waals surface area contributed by atoms with Crippen molar-refractivity contribution < 1.29 is 14.3 Å². The van der Waals surface area contributed by atoms with Crippen LogP contribution in [0, 0.1) is 0 Å². The molecule has 2 saturated heterocycles. The predicted molar refractivity (Wildman–Crippen MR) is 136 cm³/mol. The average Bonchev–Trinajstić information content (AvgIpc) is 3.40. The molecule has 2 fully saturated rings. The van der Waals surface area contributed by atoms with Gasteiger partial charge in [-0.1, -0.05) is 6.07 Å². The van der Waals surface area contributed by atoms with E-state index in [9.17, 15) is 4.79 Å². The molecule has 0 bridgehead atoms. The van der Waals surface area contributed by atoms with Crippen LogP contribution >= 0.6 is 0 Å². The van der Waals surface area contributed by atoms with Crippen LogP contribution < -0.4 is 9.47 Å². The van der Waals surface area contributed by atoms with Crippen molar-refractivity contribution in [3.63, 3.8) is 0 Å². The molecule has 3 heterocycles. The van der Waals surface area contributed by atoms with E-state index in [2.05, 4.69) is 26.9 Å². The smallest absolute Gasteiger partial charge is 0.219 e. The van der Waals surface area contributed by atoms with Crippen molar-refractivity contribution in [2.45, 2.75) is 39.0 Å². The van der Waals surface area contributed by atoms with E-state index in [0.717, 1.165) is 80.7 Å². The molecule has 0 N–H and O–H groups in total. The fourth-order valence-corrected chi connectivity index (χ4v) is 4.83. The van der Waals surface area contributed by atoms with Gasteiger partial charge in [-0.05, 0) is 56.1 Å². The van der Waals surface area contributed by atoms with Gasteiger partial charge in [0.2, 0.25) is 5.91 Å². The number of nitrogens with zero attached hydrogens (tertiary/aromatic N) is 5. The van der Waals surface area contributed by atoms with Crippen LogP contribution in [0.3, 0.4) is 0 Å². The Labute approximate surface area is 209 Å². The molecular formula is C27H39N5O3. The van der Waals surface area contributed by atoms with Crippen LogP contribution in [0.1, 0.15) is 43.3 Å². The van der Waals surface area contributed by atoms with E-state index in [4.69, 9.17) is 14.5 Å². The molecule has 35 heavy (non-hydrogen) atoms. The molecule has 2 aliphatic heterocycles. The summed E-state index contributed by atoms with van der Waals surface area (Å²) in [6.45, 7) is 10.3. The fraction of sp³-hybridized carbons (Fsp3) is 0.593. The number of rotatable bonds is 11. The predicted octanol–water partition coefficient (Wildman–Crippen LogP) is 2.65. The molecule has 1 aromatic heterocycles. The van der Waals surface area contributed by atoms with Crippen LogP contribution in [-0.4, -0.2) is 96.6 Å². The Kier molecular flexibility index (Phi) is 9.31. The van der Waals surface area contributed by atoms with E-state index in [1.165, 1.54) is 25.9 Å². The lowest BCUT2D eigenvalue weighted by Crippen LogP contribution is -2.48. The quantitative estimate of drug-likeness (QED) is 0.457. The number of benzene rings is 1. The second-order valence-corrected chi connectivity index (χ2v) is 9.47. The van der Waals surface area contributed by atoms with Crippen LogP contribution in [0.4, 0.5) is 0 Å². The van der Waals surface area contributed by atoms with Crippen molar-refractivity contribution in [1.82, 2.24) is 24.7 Å². The van der Waals surface area contributed by atoms with Crippen molar-refractivity contribution in [1.29, 1.82) is 0 Å². The van der Waals surface area contributed by atoms with E-state index in [1.807, 2.05) is 23.2 Å². The number of hydrogen-bond donors (Lipinski definition) is 0. The number of ether oxygens (including phenoxy) is 2. The van der Waals surface area contributed by atoms with E-state index in [-0.39, 0.29) is 5.91 Å². The molecule has 2 aromatic rings. The minimum Gasteiger partial charge on any atom is -0.493 e. The highest BCUT2D eigenvalue weighted by Crippen LogP contribution is 2.29. The van der Waals surface area contributed by atoms with E-state index in [0.29, 0.717) is 13.0 Å². The highest BCUT2D eigenvalue weighted by atomic mass is 16.5. The number of carbonyl (C=O) groups is 1. The Morgan fingerprint density at radius 3 is 2.49 bits per heavy atom. The number of piperazine rings is 1. The third-order valence-electron chi connectivity index (χ3n) is 6.93. The highest BCUT2D eigenvalue weighted by molar-refractivity contribution is 5.73. The van der Waals surface area contributed by atoms with Gasteiger partial charge in [0.25, 0.3) is 0 Å². The van der Waals surface area contributed by atoms with Crippen LogP contribution in [0.5, 0.6) is 11.5 Å². The van der Waals surface area contributed by atoms with Crippen LogP contribution in [0.15, 0.2) is 30.5 Å². The molecule has 0 unspecified atom stereocenters. The Morgan fingerprint density at radius 2 is 1.74 bits per heavy atom. The molecule has 2 aliphatic rings. The molecule has 0 atom stereocenters. The van der Waals surface area contributed by atoms with E-state index in [1.54, 1.807) is 14.0 Å². The highest BCUT2D eigenvalue weighted by Gasteiger charge is 2.18. The second kappa shape index (κ2) is 12.8. The minimum atomic E-state index is 0.166. The molecule has 4 rings (SSSR count). The van der Waals surface area contributed by atoms with Crippen LogP contribution in [0.2, 0.25) is 0 Å². The molecule has 1 aromatic carbocycles. The van der Waals surface area contributed by atoms with Crippen molar-refractivity contribution >= 4 is 5.91 Å². The molecular weight excluding hydrogens is 442 g/mol. The largest absolute Gasteiger partial charge is 0.493 e. The van der Waals surface area contributed by atoms with Gasteiger partial charge in [-0.2, -0.15) is 0 Å². The maximum Gasteiger partial charge on any atom is 0.219 e. The van der Waals surface area contributed by atoms with Gasteiger partial charge in [0.1, 0.15) is 5.82 Å². The Morgan fingerprint density at radius 1 is 0.971 bits per heavy atom. The lowest BCUT2D eigenvalue weighted by molar-refractivity contribution is -0.130. The second-order valence-electron chi connectivity index (χ2n) is 9.47. The van der Waals surface area contributed by atoms with Gasteiger partial charge >= 0.3 is 0 Å². The first-order chi connectivity index (χ1) is 17.1. The standard InChI is InChI=1S/C27H39N5O3/c1-22(33)32-17-15-31(16-18-32)14-9-24-8-10-28-27(29-24)21-23-6-7-25(34-2)26(20-23)35-19-5-13-30-11-3-4-12-30/h6-8,10,20H,3-5,9,11-19,21H2,1-2H3. The van der Waals surface area contributed by atoms with Gasteiger partial charge in [0, 0.05) is 70.9 Å². The number of hydrogen-bond acceptors (Lipinski definition) is 7. The third kappa shape index (κ3) is 7.64. The molecule has 0 aliphatic carbocycles. The van der Waals surface area contributed by atoms with Crippen molar-refractivity contribution in [2.75, 3.05) is 66.1 Å². The molecule has 190 valence electrons. The number of likely N-dealkylation sites (tertiary alicyclic amines) is 1. The Hall–Kier alpha value is -2.71. The first-order valence-electron chi connectivity index (χ1n) is 12.9. The van der Waals surface area contributed by atoms with Crippen LogP contribution in [-0.2, 0) is 17.6 Å². The average molecular weight is 482 g/mol. The fourth-order valence-electron chi connectivity index (χ4n) is 4.83. The van der Waals surface area contributed by atoms with Crippen LogP contribution in [0.25, 0.3) is 0 Å². The summed E-state index contributed by atoms with van der Waals surface area (Å²) >= 11 is 0. The minimum absolute atomic E-state index is 0.166. The molecule has 0 radical (unpaired) electrons. The molecule has 8 heteroatoms. The maximum absolute atomic E-state index is 11.5. The van der Waals surface area contributed by atoms with Gasteiger partial charge in [0.05, 0.1) is 13.7 Å².